The number of benzene rings is 1. The molecule has 5 nitrogen and oxygen atoms in total. The van der Waals surface area contributed by atoms with E-state index in [-0.39, 0.29) is 24.5 Å². The second-order valence-electron chi connectivity index (χ2n) is 5.97. The molecular formula is C17H26N2O3. The van der Waals surface area contributed by atoms with Gasteiger partial charge in [0.25, 0.3) is 0 Å². The Balaban J connectivity index is 1.70. The Labute approximate surface area is 132 Å². The number of ether oxygens (including phenoxy) is 2. The average molecular weight is 306 g/mol. The molecule has 2 aliphatic heterocycles. The van der Waals surface area contributed by atoms with E-state index in [1.807, 2.05) is 18.2 Å². The predicted octanol–water partition coefficient (Wildman–Crippen LogP) is 0.971. The second-order valence-corrected chi connectivity index (χ2v) is 5.97. The zero-order valence-corrected chi connectivity index (χ0v) is 13.3. The van der Waals surface area contributed by atoms with Crippen molar-refractivity contribution in [3.63, 3.8) is 0 Å². The van der Waals surface area contributed by atoms with Gasteiger partial charge in [-0.15, -0.1) is 0 Å². The number of aliphatic hydroxyl groups is 1. The van der Waals surface area contributed by atoms with E-state index in [0.29, 0.717) is 6.61 Å². The van der Waals surface area contributed by atoms with Crippen molar-refractivity contribution in [2.24, 2.45) is 0 Å². The van der Waals surface area contributed by atoms with Gasteiger partial charge in [0.2, 0.25) is 0 Å². The molecular weight excluding hydrogens is 280 g/mol. The molecule has 0 aromatic heterocycles. The lowest BCUT2D eigenvalue weighted by molar-refractivity contribution is -0.181. The average Bonchev–Trinajstić information content (AvgIpc) is 2.97. The largest absolute Gasteiger partial charge is 0.390 e. The zero-order valence-electron chi connectivity index (χ0n) is 13.3. The lowest BCUT2D eigenvalue weighted by Crippen LogP contribution is -2.64. The molecule has 2 saturated heterocycles. The van der Waals surface area contributed by atoms with Gasteiger partial charge in [0, 0.05) is 6.54 Å². The van der Waals surface area contributed by atoms with Crippen LogP contribution in [0.2, 0.25) is 0 Å². The van der Waals surface area contributed by atoms with Crippen molar-refractivity contribution < 1.29 is 14.6 Å². The maximum absolute atomic E-state index is 10.9. The molecule has 0 spiro atoms. The minimum atomic E-state index is -0.491. The highest BCUT2D eigenvalue weighted by Gasteiger charge is 2.51. The summed E-state index contributed by atoms with van der Waals surface area (Å²) in [7, 11) is 0. The highest BCUT2D eigenvalue weighted by molar-refractivity contribution is 5.15. The number of rotatable bonds is 6. The first-order valence-electron chi connectivity index (χ1n) is 8.21. The number of nitrogens with zero attached hydrogens (tertiary/aromatic N) is 1. The van der Waals surface area contributed by atoms with Crippen molar-refractivity contribution in [2.75, 3.05) is 19.7 Å². The van der Waals surface area contributed by atoms with Crippen LogP contribution in [0.4, 0.5) is 0 Å². The standard InChI is InChI=1S/C17H26N2O3/c1-3-19(4-2)15-16(20)14(13-11-21-17(15)22-13)18-10-12-8-6-5-7-9-12/h5-9,13-18,20H,3-4,10-11H2,1-2H3. The third-order valence-corrected chi connectivity index (χ3v) is 4.75. The molecule has 1 aromatic rings. The maximum Gasteiger partial charge on any atom is 0.176 e. The van der Waals surface area contributed by atoms with Crippen molar-refractivity contribution in [3.8, 4) is 0 Å². The molecule has 0 amide bonds. The van der Waals surface area contributed by atoms with Gasteiger partial charge in [-0.2, -0.15) is 0 Å². The van der Waals surface area contributed by atoms with Gasteiger partial charge in [-0.25, -0.2) is 0 Å². The van der Waals surface area contributed by atoms with Crippen LogP contribution in [0, 0.1) is 0 Å². The zero-order chi connectivity index (χ0) is 15.5. The van der Waals surface area contributed by atoms with Crippen LogP contribution in [-0.4, -0.2) is 60.3 Å². The van der Waals surface area contributed by atoms with Crippen LogP contribution in [0.3, 0.4) is 0 Å². The minimum Gasteiger partial charge on any atom is -0.390 e. The molecule has 3 rings (SSSR count). The van der Waals surface area contributed by atoms with E-state index in [1.54, 1.807) is 0 Å². The van der Waals surface area contributed by atoms with Crippen LogP contribution < -0.4 is 5.32 Å². The summed E-state index contributed by atoms with van der Waals surface area (Å²) in [4.78, 5) is 2.22. The number of hydrogen-bond acceptors (Lipinski definition) is 5. The first-order chi connectivity index (χ1) is 10.7. The predicted molar refractivity (Wildman–Crippen MR) is 84.4 cm³/mol. The van der Waals surface area contributed by atoms with Gasteiger partial charge in [0.15, 0.2) is 6.29 Å². The SMILES string of the molecule is CCN(CC)C1C2OCC(O2)C(NCc2ccccc2)C1O. The molecule has 2 aliphatic rings. The fraction of sp³-hybridized carbons (Fsp3) is 0.647. The molecule has 5 atom stereocenters. The van der Waals surface area contributed by atoms with Gasteiger partial charge in [-0.05, 0) is 18.7 Å². The van der Waals surface area contributed by atoms with Gasteiger partial charge in [-0.1, -0.05) is 44.2 Å². The van der Waals surface area contributed by atoms with E-state index in [2.05, 4.69) is 36.2 Å². The van der Waals surface area contributed by atoms with Crippen molar-refractivity contribution in [1.82, 2.24) is 10.2 Å². The number of fused-ring (bicyclic) bond motifs is 2. The van der Waals surface area contributed by atoms with Crippen LogP contribution in [0.5, 0.6) is 0 Å². The number of aliphatic hydroxyl groups excluding tert-OH is 1. The lowest BCUT2D eigenvalue weighted by Gasteiger charge is -2.43. The first kappa shape index (κ1) is 15.9. The summed E-state index contributed by atoms with van der Waals surface area (Å²) in [5, 5.41) is 14.3. The molecule has 2 fully saturated rings. The number of hydrogen-bond donors (Lipinski definition) is 2. The lowest BCUT2D eigenvalue weighted by atomic mass is 9.94. The molecule has 22 heavy (non-hydrogen) atoms. The van der Waals surface area contributed by atoms with Crippen molar-refractivity contribution in [2.45, 2.75) is 51.0 Å². The first-order valence-corrected chi connectivity index (χ1v) is 8.21. The Kier molecular flexibility index (Phi) is 5.10. The van der Waals surface area contributed by atoms with Gasteiger partial charge in [-0.3, -0.25) is 4.90 Å². The molecule has 0 radical (unpaired) electrons. The molecule has 1 aromatic carbocycles. The molecule has 122 valence electrons. The van der Waals surface area contributed by atoms with Crippen LogP contribution in [-0.2, 0) is 16.0 Å². The molecule has 2 bridgehead atoms. The highest BCUT2D eigenvalue weighted by atomic mass is 16.7. The smallest absolute Gasteiger partial charge is 0.176 e. The molecule has 5 unspecified atom stereocenters. The molecule has 5 heteroatoms. The molecule has 2 N–H and O–H groups in total. The molecule has 0 aliphatic carbocycles. The van der Waals surface area contributed by atoms with E-state index >= 15 is 0 Å². The van der Waals surface area contributed by atoms with E-state index in [0.717, 1.165) is 19.6 Å². The molecule has 0 saturated carbocycles. The van der Waals surface area contributed by atoms with Gasteiger partial charge < -0.3 is 19.9 Å². The van der Waals surface area contributed by atoms with Crippen molar-refractivity contribution >= 4 is 0 Å². The Bertz CT molecular complexity index is 464. The van der Waals surface area contributed by atoms with Gasteiger partial charge in [0.1, 0.15) is 6.10 Å². The maximum atomic E-state index is 10.9. The van der Waals surface area contributed by atoms with E-state index in [1.165, 1.54) is 5.56 Å². The Hall–Kier alpha value is -0.980. The fourth-order valence-electron chi connectivity index (χ4n) is 3.52. The minimum absolute atomic E-state index is 0.0736. The summed E-state index contributed by atoms with van der Waals surface area (Å²) in [6.45, 7) is 7.21. The third kappa shape index (κ3) is 3.05. The number of likely N-dealkylation sites (N-methyl/N-ethyl adjacent to an activating group) is 1. The van der Waals surface area contributed by atoms with Gasteiger partial charge >= 0.3 is 0 Å². The monoisotopic (exact) mass is 306 g/mol. The van der Waals surface area contributed by atoms with E-state index in [9.17, 15) is 5.11 Å². The second kappa shape index (κ2) is 7.06. The van der Waals surface area contributed by atoms with Crippen LogP contribution in [0.15, 0.2) is 30.3 Å². The molecule has 2 heterocycles. The fourth-order valence-corrected chi connectivity index (χ4v) is 3.52. The van der Waals surface area contributed by atoms with Crippen LogP contribution >= 0.6 is 0 Å². The topological polar surface area (TPSA) is 54.0 Å². The third-order valence-electron chi connectivity index (χ3n) is 4.75. The summed E-state index contributed by atoms with van der Waals surface area (Å²) in [6.07, 6.45) is -0.875. The van der Waals surface area contributed by atoms with E-state index < -0.39 is 6.10 Å². The summed E-state index contributed by atoms with van der Waals surface area (Å²) in [5.41, 5.74) is 1.20. The van der Waals surface area contributed by atoms with Crippen molar-refractivity contribution in [3.05, 3.63) is 35.9 Å². The summed E-state index contributed by atoms with van der Waals surface area (Å²) >= 11 is 0. The highest BCUT2D eigenvalue weighted by Crippen LogP contribution is 2.31. The summed E-state index contributed by atoms with van der Waals surface area (Å²) in [6, 6.07) is 10.0. The normalized spacial score (nSPS) is 34.3. The number of nitrogens with one attached hydrogen (secondary N) is 1. The quantitative estimate of drug-likeness (QED) is 0.820. The Morgan fingerprint density at radius 2 is 1.95 bits per heavy atom. The van der Waals surface area contributed by atoms with E-state index in [4.69, 9.17) is 9.47 Å². The Morgan fingerprint density at radius 1 is 1.23 bits per heavy atom. The Morgan fingerprint density at radius 3 is 2.64 bits per heavy atom. The summed E-state index contributed by atoms with van der Waals surface area (Å²) in [5.74, 6) is 0. The van der Waals surface area contributed by atoms with Gasteiger partial charge in [0.05, 0.1) is 24.8 Å². The summed E-state index contributed by atoms with van der Waals surface area (Å²) < 4.78 is 11.7. The van der Waals surface area contributed by atoms with Crippen molar-refractivity contribution in [1.29, 1.82) is 0 Å². The van der Waals surface area contributed by atoms with Crippen LogP contribution in [0.25, 0.3) is 0 Å². The van der Waals surface area contributed by atoms with Crippen LogP contribution in [0.1, 0.15) is 19.4 Å².